The Labute approximate surface area is 189 Å². The van der Waals surface area contributed by atoms with Gasteiger partial charge in [0.15, 0.2) is 11.6 Å². The van der Waals surface area contributed by atoms with E-state index < -0.39 is 0 Å². The van der Waals surface area contributed by atoms with E-state index in [1.807, 2.05) is 0 Å². The summed E-state index contributed by atoms with van der Waals surface area (Å²) in [5, 5.41) is 37.8. The second-order valence-corrected chi connectivity index (χ2v) is 8.36. The van der Waals surface area contributed by atoms with Gasteiger partial charge in [0.2, 0.25) is 0 Å². The summed E-state index contributed by atoms with van der Waals surface area (Å²) in [7, 11) is 0. The number of carbonyl (C=O) groups excluding carboxylic acids is 2. The molecular weight excluding hydrogens is 408 g/mol. The zero-order valence-electron chi connectivity index (χ0n) is 18.6. The van der Waals surface area contributed by atoms with Crippen molar-refractivity contribution in [3.8, 4) is 23.0 Å². The number of hydrogen-bond acceptors (Lipinski definition) is 6. The Kier molecular flexibility index (Phi) is 10.6. The summed E-state index contributed by atoms with van der Waals surface area (Å²) in [5.74, 6) is -0.520. The fraction of sp³-hybridized carbons (Fsp3) is 0.462. The van der Waals surface area contributed by atoms with Crippen LogP contribution in [0.25, 0.3) is 0 Å². The molecule has 0 heterocycles. The van der Waals surface area contributed by atoms with Crippen LogP contribution in [-0.2, 0) is 0 Å². The number of unbranched alkanes of at least 4 members (excludes halogenated alkanes) is 9. The lowest BCUT2D eigenvalue weighted by molar-refractivity contribution is 0.0970. The fourth-order valence-electron chi connectivity index (χ4n) is 3.79. The van der Waals surface area contributed by atoms with Gasteiger partial charge >= 0.3 is 0 Å². The van der Waals surface area contributed by atoms with E-state index in [2.05, 4.69) is 0 Å². The highest BCUT2D eigenvalue weighted by Crippen LogP contribution is 2.23. The minimum absolute atomic E-state index is 0.0597. The predicted octanol–water partition coefficient (Wildman–Crippen LogP) is 6.26. The second-order valence-electron chi connectivity index (χ2n) is 8.36. The standard InChI is InChI=1S/C26H34O6/c27-21-13-19(14-22(28)17-21)25(31)11-9-7-5-3-1-2-4-6-8-10-12-26(32)20-15-23(29)18-24(30)16-20/h13-18,27-30H,1-12H2. The molecule has 0 atom stereocenters. The highest BCUT2D eigenvalue weighted by atomic mass is 16.3. The molecule has 6 heteroatoms. The molecule has 2 aromatic carbocycles. The number of phenolic OH excluding ortho intramolecular Hbond substituents is 4. The van der Waals surface area contributed by atoms with Crippen molar-refractivity contribution in [3.63, 3.8) is 0 Å². The van der Waals surface area contributed by atoms with Gasteiger partial charge in [0, 0.05) is 36.1 Å². The summed E-state index contributed by atoms with van der Waals surface area (Å²) >= 11 is 0. The average Bonchev–Trinajstić information content (AvgIpc) is 2.72. The van der Waals surface area contributed by atoms with Crippen molar-refractivity contribution in [3.05, 3.63) is 47.5 Å². The van der Waals surface area contributed by atoms with Crippen LogP contribution >= 0.6 is 0 Å². The fourth-order valence-corrected chi connectivity index (χ4v) is 3.79. The highest BCUT2D eigenvalue weighted by Gasteiger charge is 2.09. The van der Waals surface area contributed by atoms with Crippen LogP contribution < -0.4 is 0 Å². The molecule has 174 valence electrons. The van der Waals surface area contributed by atoms with Crippen LogP contribution in [0, 0.1) is 0 Å². The third-order valence-electron chi connectivity index (χ3n) is 5.51. The molecule has 2 aromatic rings. The topological polar surface area (TPSA) is 115 Å². The molecule has 0 fully saturated rings. The molecule has 6 nitrogen and oxygen atoms in total. The van der Waals surface area contributed by atoms with Gasteiger partial charge in [-0.15, -0.1) is 0 Å². The molecule has 32 heavy (non-hydrogen) atoms. The van der Waals surface area contributed by atoms with Crippen molar-refractivity contribution < 1.29 is 30.0 Å². The summed E-state index contributed by atoms with van der Waals surface area (Å²) < 4.78 is 0. The van der Waals surface area contributed by atoms with E-state index in [1.165, 1.54) is 36.4 Å². The van der Waals surface area contributed by atoms with Crippen LogP contribution in [0.2, 0.25) is 0 Å². The second kappa shape index (κ2) is 13.4. The Balaban J connectivity index is 1.44. The van der Waals surface area contributed by atoms with Gasteiger partial charge < -0.3 is 20.4 Å². The van der Waals surface area contributed by atoms with Crippen molar-refractivity contribution in [2.75, 3.05) is 0 Å². The maximum Gasteiger partial charge on any atom is 0.163 e. The minimum Gasteiger partial charge on any atom is -0.508 e. The summed E-state index contributed by atoms with van der Waals surface area (Å²) in [4.78, 5) is 24.2. The smallest absolute Gasteiger partial charge is 0.163 e. The first-order valence-electron chi connectivity index (χ1n) is 11.5. The third-order valence-corrected chi connectivity index (χ3v) is 5.51. The monoisotopic (exact) mass is 442 g/mol. The SMILES string of the molecule is O=C(CCCCCCCCCCCCC(=O)c1cc(O)cc(O)c1)c1cc(O)cc(O)c1. The third kappa shape index (κ3) is 9.41. The molecule has 0 aliphatic carbocycles. The lowest BCUT2D eigenvalue weighted by Gasteiger charge is -2.05. The molecule has 0 bridgehead atoms. The van der Waals surface area contributed by atoms with Crippen LogP contribution in [0.5, 0.6) is 23.0 Å². The van der Waals surface area contributed by atoms with Gasteiger partial charge in [0.05, 0.1) is 0 Å². The van der Waals surface area contributed by atoms with Gasteiger partial charge in [0.25, 0.3) is 0 Å². The molecule has 0 unspecified atom stereocenters. The van der Waals surface area contributed by atoms with Gasteiger partial charge in [-0.25, -0.2) is 0 Å². The summed E-state index contributed by atoms with van der Waals surface area (Å²) in [5.41, 5.74) is 0.702. The van der Waals surface area contributed by atoms with Gasteiger partial charge in [-0.1, -0.05) is 51.4 Å². The molecule has 0 aromatic heterocycles. The van der Waals surface area contributed by atoms with E-state index in [4.69, 9.17) is 0 Å². The number of rotatable bonds is 15. The Morgan fingerprint density at radius 2 is 0.688 bits per heavy atom. The van der Waals surface area contributed by atoms with Crippen molar-refractivity contribution in [2.24, 2.45) is 0 Å². The number of phenols is 4. The van der Waals surface area contributed by atoms with Crippen LogP contribution in [-0.4, -0.2) is 32.0 Å². The zero-order valence-corrected chi connectivity index (χ0v) is 18.6. The number of carbonyl (C=O) groups is 2. The normalized spacial score (nSPS) is 10.9. The van der Waals surface area contributed by atoms with E-state index >= 15 is 0 Å². The van der Waals surface area contributed by atoms with E-state index in [9.17, 15) is 30.0 Å². The number of ketones is 2. The van der Waals surface area contributed by atoms with Crippen LogP contribution in [0.3, 0.4) is 0 Å². The van der Waals surface area contributed by atoms with Gasteiger partial charge in [-0.05, 0) is 37.1 Å². The molecule has 4 N–H and O–H groups in total. The van der Waals surface area contributed by atoms with Crippen molar-refractivity contribution in [1.29, 1.82) is 0 Å². The molecular formula is C26H34O6. The maximum absolute atomic E-state index is 12.1. The van der Waals surface area contributed by atoms with E-state index in [0.29, 0.717) is 24.0 Å². The van der Waals surface area contributed by atoms with Crippen molar-refractivity contribution >= 4 is 11.6 Å². The van der Waals surface area contributed by atoms with Crippen molar-refractivity contribution in [1.82, 2.24) is 0 Å². The number of Topliss-reactive ketones (excluding diaryl/α,β-unsaturated/α-hetero) is 2. The number of hydrogen-bond donors (Lipinski definition) is 4. The van der Waals surface area contributed by atoms with E-state index in [0.717, 1.165) is 64.2 Å². The van der Waals surface area contributed by atoms with Crippen LogP contribution in [0.1, 0.15) is 97.8 Å². The largest absolute Gasteiger partial charge is 0.508 e. The molecule has 0 aliphatic rings. The Morgan fingerprint density at radius 3 is 0.969 bits per heavy atom. The summed E-state index contributed by atoms with van der Waals surface area (Å²) in [6, 6.07) is 7.95. The molecule has 0 saturated heterocycles. The van der Waals surface area contributed by atoms with Gasteiger partial charge in [0.1, 0.15) is 23.0 Å². The highest BCUT2D eigenvalue weighted by molar-refractivity contribution is 5.97. The maximum atomic E-state index is 12.1. The first-order valence-corrected chi connectivity index (χ1v) is 11.5. The minimum atomic E-state index is -0.100. The lowest BCUT2D eigenvalue weighted by atomic mass is 10.0. The zero-order chi connectivity index (χ0) is 23.3. The molecule has 0 amide bonds. The quantitative estimate of drug-likeness (QED) is 0.191. The van der Waals surface area contributed by atoms with Gasteiger partial charge in [-0.2, -0.15) is 0 Å². The average molecular weight is 443 g/mol. The van der Waals surface area contributed by atoms with Crippen LogP contribution in [0.4, 0.5) is 0 Å². The predicted molar refractivity (Wildman–Crippen MR) is 124 cm³/mol. The molecule has 2 rings (SSSR count). The Morgan fingerprint density at radius 1 is 0.438 bits per heavy atom. The first-order chi connectivity index (χ1) is 15.3. The van der Waals surface area contributed by atoms with E-state index in [-0.39, 0.29) is 34.6 Å². The van der Waals surface area contributed by atoms with Crippen LogP contribution in [0.15, 0.2) is 36.4 Å². The van der Waals surface area contributed by atoms with Gasteiger partial charge in [-0.3, -0.25) is 9.59 Å². The summed E-state index contributed by atoms with van der Waals surface area (Å²) in [6.07, 6.45) is 11.2. The summed E-state index contributed by atoms with van der Waals surface area (Å²) in [6.45, 7) is 0. The Hall–Kier alpha value is -3.02. The molecule has 0 radical (unpaired) electrons. The first kappa shape index (κ1) is 25.2. The number of aromatic hydroxyl groups is 4. The molecule has 0 saturated carbocycles. The lowest BCUT2D eigenvalue weighted by Crippen LogP contribution is -1.98. The Bertz CT molecular complexity index is 776. The van der Waals surface area contributed by atoms with Crippen molar-refractivity contribution in [2.45, 2.75) is 77.0 Å². The molecule has 0 aliphatic heterocycles. The molecule has 0 spiro atoms. The van der Waals surface area contributed by atoms with E-state index in [1.54, 1.807) is 0 Å². The number of benzene rings is 2.